The Morgan fingerprint density at radius 3 is 2.47 bits per heavy atom. The van der Waals surface area contributed by atoms with Gasteiger partial charge in [-0.3, -0.25) is 4.79 Å². The third kappa shape index (κ3) is 11.4. The second kappa shape index (κ2) is 11.5. The van der Waals surface area contributed by atoms with Gasteiger partial charge < -0.3 is 10.1 Å². The summed E-state index contributed by atoms with van der Waals surface area (Å²) >= 11 is 0. The number of rotatable bonds is 10. The van der Waals surface area contributed by atoms with Crippen LogP contribution in [0.3, 0.4) is 0 Å². The maximum Gasteiger partial charge on any atom is 0.220 e. The Hall–Kier alpha value is -0.570. The van der Waals surface area contributed by atoms with E-state index >= 15 is 0 Å². The first kappa shape index (κ1) is 14.4. The third-order valence-electron chi connectivity index (χ3n) is 2.21. The molecule has 3 heteroatoms. The van der Waals surface area contributed by atoms with Crippen molar-refractivity contribution < 1.29 is 9.53 Å². The summed E-state index contributed by atoms with van der Waals surface area (Å²) in [4.78, 5) is 11.1. The Labute approximate surface area is 93.6 Å². The molecule has 0 unspecified atom stereocenters. The summed E-state index contributed by atoms with van der Waals surface area (Å²) in [6.07, 6.45) is 6.38. The smallest absolute Gasteiger partial charge is 0.220 e. The highest BCUT2D eigenvalue weighted by Crippen LogP contribution is 1.99. The van der Waals surface area contributed by atoms with Gasteiger partial charge in [0.15, 0.2) is 0 Å². The summed E-state index contributed by atoms with van der Waals surface area (Å²) in [5, 5.41) is 2.77. The minimum Gasteiger partial charge on any atom is -0.381 e. The molecule has 0 aromatic carbocycles. The zero-order valence-electron chi connectivity index (χ0n) is 10.2. The number of hydrogen-bond acceptors (Lipinski definition) is 2. The van der Waals surface area contributed by atoms with Gasteiger partial charge in [-0.15, -0.1) is 0 Å². The van der Waals surface area contributed by atoms with Gasteiger partial charge in [0, 0.05) is 26.2 Å². The van der Waals surface area contributed by atoms with Crippen molar-refractivity contribution in [3.05, 3.63) is 0 Å². The van der Waals surface area contributed by atoms with Crippen molar-refractivity contribution in [2.75, 3.05) is 19.8 Å². The first-order valence-corrected chi connectivity index (χ1v) is 6.15. The minimum absolute atomic E-state index is 0.132. The SMILES string of the molecule is CCCCCCOCCCC(=O)NCC. The summed E-state index contributed by atoms with van der Waals surface area (Å²) < 4.78 is 5.43. The Morgan fingerprint density at radius 2 is 1.80 bits per heavy atom. The van der Waals surface area contributed by atoms with Crippen molar-refractivity contribution in [2.45, 2.75) is 52.4 Å². The minimum atomic E-state index is 0.132. The lowest BCUT2D eigenvalue weighted by atomic mass is 10.2. The van der Waals surface area contributed by atoms with Crippen molar-refractivity contribution in [1.82, 2.24) is 5.32 Å². The predicted octanol–water partition coefficient (Wildman–Crippen LogP) is 2.50. The molecular weight excluding hydrogens is 190 g/mol. The summed E-state index contributed by atoms with van der Waals surface area (Å²) in [5.41, 5.74) is 0. The Bertz CT molecular complexity index is 149. The molecule has 3 nitrogen and oxygen atoms in total. The lowest BCUT2D eigenvalue weighted by molar-refractivity contribution is -0.121. The van der Waals surface area contributed by atoms with E-state index in [0.29, 0.717) is 13.0 Å². The lowest BCUT2D eigenvalue weighted by Crippen LogP contribution is -2.22. The molecule has 0 aromatic heterocycles. The van der Waals surface area contributed by atoms with Crippen LogP contribution >= 0.6 is 0 Å². The Balaban J connectivity index is 3.01. The molecule has 0 aliphatic heterocycles. The summed E-state index contributed by atoms with van der Waals surface area (Å²) in [6, 6.07) is 0. The van der Waals surface area contributed by atoms with Gasteiger partial charge in [-0.05, 0) is 19.8 Å². The topological polar surface area (TPSA) is 38.3 Å². The largest absolute Gasteiger partial charge is 0.381 e. The van der Waals surface area contributed by atoms with E-state index in [-0.39, 0.29) is 5.91 Å². The van der Waals surface area contributed by atoms with Gasteiger partial charge in [-0.2, -0.15) is 0 Å². The second-order valence-electron chi connectivity index (χ2n) is 3.73. The fourth-order valence-corrected chi connectivity index (χ4v) is 1.35. The second-order valence-corrected chi connectivity index (χ2v) is 3.73. The highest BCUT2D eigenvalue weighted by atomic mass is 16.5. The van der Waals surface area contributed by atoms with E-state index in [2.05, 4.69) is 12.2 Å². The van der Waals surface area contributed by atoms with Crippen molar-refractivity contribution in [3.8, 4) is 0 Å². The molecule has 90 valence electrons. The number of ether oxygens (including phenoxy) is 1. The van der Waals surface area contributed by atoms with E-state index in [4.69, 9.17) is 4.74 Å². The molecule has 0 radical (unpaired) electrons. The van der Waals surface area contributed by atoms with Crippen LogP contribution in [0, 0.1) is 0 Å². The number of unbranched alkanes of at least 4 members (excludes halogenated alkanes) is 3. The van der Waals surface area contributed by atoms with Gasteiger partial charge >= 0.3 is 0 Å². The zero-order valence-corrected chi connectivity index (χ0v) is 10.2. The van der Waals surface area contributed by atoms with E-state index in [0.717, 1.165) is 26.0 Å². The van der Waals surface area contributed by atoms with Gasteiger partial charge in [0.2, 0.25) is 5.91 Å². The van der Waals surface area contributed by atoms with Crippen LogP contribution in [0.4, 0.5) is 0 Å². The molecule has 0 bridgehead atoms. The fraction of sp³-hybridized carbons (Fsp3) is 0.917. The van der Waals surface area contributed by atoms with E-state index in [1.807, 2.05) is 6.92 Å². The molecule has 1 amide bonds. The van der Waals surface area contributed by atoms with Gasteiger partial charge in [-0.1, -0.05) is 26.2 Å². The standard InChI is InChI=1S/C12H25NO2/c1-3-5-6-7-10-15-11-8-9-12(14)13-4-2/h3-11H2,1-2H3,(H,13,14). The number of carbonyl (C=O) groups excluding carboxylic acids is 1. The van der Waals surface area contributed by atoms with Crippen LogP contribution in [0.5, 0.6) is 0 Å². The maximum atomic E-state index is 11.1. The highest BCUT2D eigenvalue weighted by molar-refractivity contribution is 5.75. The lowest BCUT2D eigenvalue weighted by Gasteiger charge is -2.04. The van der Waals surface area contributed by atoms with Crippen molar-refractivity contribution >= 4 is 5.91 Å². The van der Waals surface area contributed by atoms with Crippen LogP contribution in [0.1, 0.15) is 52.4 Å². The van der Waals surface area contributed by atoms with Crippen LogP contribution in [-0.2, 0) is 9.53 Å². The average molecular weight is 215 g/mol. The van der Waals surface area contributed by atoms with Crippen molar-refractivity contribution in [1.29, 1.82) is 0 Å². The van der Waals surface area contributed by atoms with Crippen molar-refractivity contribution in [2.24, 2.45) is 0 Å². The van der Waals surface area contributed by atoms with E-state index in [9.17, 15) is 4.79 Å². The van der Waals surface area contributed by atoms with E-state index in [1.54, 1.807) is 0 Å². The number of carbonyl (C=O) groups is 1. The molecule has 15 heavy (non-hydrogen) atoms. The summed E-state index contributed by atoms with van der Waals surface area (Å²) in [5.74, 6) is 0.132. The molecule has 0 fully saturated rings. The van der Waals surface area contributed by atoms with Gasteiger partial charge in [0.25, 0.3) is 0 Å². The van der Waals surface area contributed by atoms with E-state index < -0.39 is 0 Å². The molecule has 0 atom stereocenters. The summed E-state index contributed by atoms with van der Waals surface area (Å²) in [6.45, 7) is 6.41. The number of amides is 1. The van der Waals surface area contributed by atoms with Gasteiger partial charge in [0.05, 0.1) is 0 Å². The van der Waals surface area contributed by atoms with Crippen molar-refractivity contribution in [3.63, 3.8) is 0 Å². The maximum absolute atomic E-state index is 11.1. The highest BCUT2D eigenvalue weighted by Gasteiger charge is 1.98. The van der Waals surface area contributed by atoms with Crippen LogP contribution < -0.4 is 5.32 Å². The normalized spacial score (nSPS) is 10.3. The number of nitrogens with one attached hydrogen (secondary N) is 1. The number of hydrogen-bond donors (Lipinski definition) is 1. The van der Waals surface area contributed by atoms with Crippen LogP contribution in [0.25, 0.3) is 0 Å². The average Bonchev–Trinajstić information content (AvgIpc) is 2.22. The Kier molecular flexibility index (Phi) is 11.1. The molecule has 1 N–H and O–H groups in total. The van der Waals surface area contributed by atoms with E-state index in [1.165, 1.54) is 19.3 Å². The summed E-state index contributed by atoms with van der Waals surface area (Å²) in [7, 11) is 0. The zero-order chi connectivity index (χ0) is 11.4. The predicted molar refractivity (Wildman–Crippen MR) is 62.9 cm³/mol. The van der Waals surface area contributed by atoms with Crippen LogP contribution in [-0.4, -0.2) is 25.7 Å². The van der Waals surface area contributed by atoms with Gasteiger partial charge in [-0.25, -0.2) is 0 Å². The monoisotopic (exact) mass is 215 g/mol. The molecule has 0 spiro atoms. The molecular formula is C12H25NO2. The molecule has 0 saturated heterocycles. The first-order valence-electron chi connectivity index (χ1n) is 6.15. The third-order valence-corrected chi connectivity index (χ3v) is 2.21. The van der Waals surface area contributed by atoms with Crippen LogP contribution in [0.15, 0.2) is 0 Å². The molecule has 0 heterocycles. The van der Waals surface area contributed by atoms with Crippen LogP contribution in [0.2, 0.25) is 0 Å². The molecule has 0 aromatic rings. The quantitative estimate of drug-likeness (QED) is 0.569. The first-order chi connectivity index (χ1) is 7.31. The fourth-order valence-electron chi connectivity index (χ4n) is 1.35. The molecule has 0 aliphatic carbocycles. The Morgan fingerprint density at radius 1 is 1.07 bits per heavy atom. The molecule has 0 saturated carbocycles. The van der Waals surface area contributed by atoms with Gasteiger partial charge in [0.1, 0.15) is 0 Å². The molecule has 0 rings (SSSR count). The molecule has 0 aliphatic rings.